The molecule has 4 heteroatoms. The summed E-state index contributed by atoms with van der Waals surface area (Å²) in [5.74, 6) is -0.341. The zero-order valence-electron chi connectivity index (χ0n) is 10.5. The van der Waals surface area contributed by atoms with Gasteiger partial charge in [0, 0.05) is 21.7 Å². The minimum Gasteiger partial charge on any atom is -0.324 e. The molecule has 2 rings (SSSR count). The van der Waals surface area contributed by atoms with Crippen molar-refractivity contribution >= 4 is 23.2 Å². The lowest BCUT2D eigenvalue weighted by atomic mass is 9.98. The third-order valence-electron chi connectivity index (χ3n) is 3.04. The van der Waals surface area contributed by atoms with E-state index in [0.29, 0.717) is 22.0 Å². The molecule has 1 nitrogen and oxygen atoms in total. The van der Waals surface area contributed by atoms with Crippen molar-refractivity contribution in [3.63, 3.8) is 0 Å². The van der Waals surface area contributed by atoms with Crippen LogP contribution in [0, 0.1) is 12.7 Å². The molecule has 0 aliphatic carbocycles. The smallest absolute Gasteiger partial charge is 0.127 e. The monoisotopic (exact) mass is 297 g/mol. The fourth-order valence-electron chi connectivity index (χ4n) is 1.99. The summed E-state index contributed by atoms with van der Waals surface area (Å²) in [6.45, 7) is 1.95. The van der Waals surface area contributed by atoms with E-state index in [1.165, 1.54) is 6.07 Å². The molecular formula is C15H14Cl2FN. The van der Waals surface area contributed by atoms with Crippen LogP contribution in [0.5, 0.6) is 0 Å². The molecular weight excluding hydrogens is 284 g/mol. The first-order chi connectivity index (χ1) is 8.99. The lowest BCUT2D eigenvalue weighted by molar-refractivity contribution is 0.593. The van der Waals surface area contributed by atoms with Crippen LogP contribution >= 0.6 is 23.2 Å². The molecule has 0 aromatic heterocycles. The molecule has 0 radical (unpaired) electrons. The quantitative estimate of drug-likeness (QED) is 0.874. The Morgan fingerprint density at radius 3 is 2.53 bits per heavy atom. The number of hydrogen-bond acceptors (Lipinski definition) is 1. The van der Waals surface area contributed by atoms with Gasteiger partial charge in [0.1, 0.15) is 5.82 Å². The minimum absolute atomic E-state index is 0.314. The van der Waals surface area contributed by atoms with Gasteiger partial charge in [-0.15, -0.1) is 0 Å². The van der Waals surface area contributed by atoms with E-state index in [1.807, 2.05) is 25.1 Å². The standard InChI is InChI=1S/C15H14Cl2FN/c1-9-5-6-10(13(17)7-9)15(19)8-11-12(16)3-2-4-14(11)18/h2-7,15H,8,19H2,1H3. The first-order valence-electron chi connectivity index (χ1n) is 5.93. The maximum atomic E-state index is 13.7. The molecule has 2 aromatic rings. The van der Waals surface area contributed by atoms with Gasteiger partial charge in [-0.3, -0.25) is 0 Å². The summed E-state index contributed by atoms with van der Waals surface area (Å²) in [5.41, 5.74) is 8.39. The highest BCUT2D eigenvalue weighted by molar-refractivity contribution is 6.31. The van der Waals surface area contributed by atoms with Gasteiger partial charge >= 0.3 is 0 Å². The van der Waals surface area contributed by atoms with Crippen LogP contribution in [-0.4, -0.2) is 0 Å². The zero-order valence-corrected chi connectivity index (χ0v) is 12.0. The van der Waals surface area contributed by atoms with Crippen LogP contribution in [0.3, 0.4) is 0 Å². The molecule has 0 amide bonds. The Labute approximate surface area is 122 Å². The van der Waals surface area contributed by atoms with Crippen LogP contribution in [0.2, 0.25) is 10.0 Å². The SMILES string of the molecule is Cc1ccc(C(N)Cc2c(F)cccc2Cl)c(Cl)c1. The summed E-state index contributed by atoms with van der Waals surface area (Å²) in [6, 6.07) is 9.88. The second-order valence-corrected chi connectivity index (χ2v) is 5.35. The van der Waals surface area contributed by atoms with E-state index >= 15 is 0 Å². The number of aryl methyl sites for hydroxylation is 1. The van der Waals surface area contributed by atoms with Gasteiger partial charge in [-0.1, -0.05) is 41.4 Å². The number of benzene rings is 2. The van der Waals surface area contributed by atoms with Crippen LogP contribution in [0.15, 0.2) is 36.4 Å². The van der Waals surface area contributed by atoms with E-state index < -0.39 is 0 Å². The largest absolute Gasteiger partial charge is 0.324 e. The second kappa shape index (κ2) is 5.91. The van der Waals surface area contributed by atoms with Crippen LogP contribution < -0.4 is 5.73 Å². The van der Waals surface area contributed by atoms with Crippen LogP contribution in [0.1, 0.15) is 22.7 Å². The molecule has 2 N–H and O–H groups in total. The first kappa shape index (κ1) is 14.3. The van der Waals surface area contributed by atoms with Gasteiger partial charge in [0.2, 0.25) is 0 Å². The fourth-order valence-corrected chi connectivity index (χ4v) is 2.61. The van der Waals surface area contributed by atoms with Crippen molar-refractivity contribution in [1.82, 2.24) is 0 Å². The number of nitrogens with two attached hydrogens (primary N) is 1. The first-order valence-corrected chi connectivity index (χ1v) is 6.69. The van der Waals surface area contributed by atoms with Crippen LogP contribution in [0.25, 0.3) is 0 Å². The van der Waals surface area contributed by atoms with Gasteiger partial charge in [-0.05, 0) is 42.7 Å². The molecule has 0 spiro atoms. The number of halogens is 3. The van der Waals surface area contributed by atoms with Crippen LogP contribution in [0.4, 0.5) is 4.39 Å². The Kier molecular flexibility index (Phi) is 4.46. The average Bonchev–Trinajstić information content (AvgIpc) is 2.33. The van der Waals surface area contributed by atoms with E-state index in [9.17, 15) is 4.39 Å². The lowest BCUT2D eigenvalue weighted by Crippen LogP contribution is -2.15. The van der Waals surface area contributed by atoms with Gasteiger partial charge in [0.15, 0.2) is 0 Å². The Balaban J connectivity index is 2.28. The minimum atomic E-state index is -0.387. The molecule has 19 heavy (non-hydrogen) atoms. The third-order valence-corrected chi connectivity index (χ3v) is 3.72. The summed E-state index contributed by atoms with van der Waals surface area (Å²) in [4.78, 5) is 0. The van der Waals surface area contributed by atoms with E-state index in [2.05, 4.69) is 0 Å². The van der Waals surface area contributed by atoms with Crippen molar-refractivity contribution in [1.29, 1.82) is 0 Å². The summed E-state index contributed by atoms with van der Waals surface area (Å²) in [6.07, 6.45) is 0.314. The molecule has 0 heterocycles. The van der Waals surface area contributed by atoms with Crippen molar-refractivity contribution < 1.29 is 4.39 Å². The van der Waals surface area contributed by atoms with Gasteiger partial charge in [-0.25, -0.2) is 4.39 Å². The van der Waals surface area contributed by atoms with E-state index in [1.54, 1.807) is 12.1 Å². The molecule has 100 valence electrons. The van der Waals surface area contributed by atoms with Crippen molar-refractivity contribution in [3.05, 3.63) is 69.0 Å². The molecule has 2 aromatic carbocycles. The number of rotatable bonds is 3. The lowest BCUT2D eigenvalue weighted by Gasteiger charge is -2.15. The van der Waals surface area contributed by atoms with E-state index in [4.69, 9.17) is 28.9 Å². The van der Waals surface area contributed by atoms with Crippen molar-refractivity contribution in [2.45, 2.75) is 19.4 Å². The Morgan fingerprint density at radius 1 is 1.16 bits per heavy atom. The Morgan fingerprint density at radius 2 is 1.89 bits per heavy atom. The fraction of sp³-hybridized carbons (Fsp3) is 0.200. The second-order valence-electron chi connectivity index (χ2n) is 4.54. The summed E-state index contributed by atoms with van der Waals surface area (Å²) >= 11 is 12.2. The Hall–Kier alpha value is -1.09. The Bertz CT molecular complexity index is 578. The van der Waals surface area contributed by atoms with E-state index in [-0.39, 0.29) is 11.9 Å². The maximum Gasteiger partial charge on any atom is 0.127 e. The molecule has 0 saturated carbocycles. The van der Waals surface area contributed by atoms with Crippen molar-refractivity contribution in [2.24, 2.45) is 5.73 Å². The van der Waals surface area contributed by atoms with Crippen molar-refractivity contribution in [2.75, 3.05) is 0 Å². The highest BCUT2D eigenvalue weighted by Gasteiger charge is 2.15. The summed E-state index contributed by atoms with van der Waals surface area (Å²) in [5, 5.41) is 0.985. The molecule has 0 saturated heterocycles. The maximum absolute atomic E-state index is 13.7. The molecule has 0 fully saturated rings. The topological polar surface area (TPSA) is 26.0 Å². The molecule has 1 unspecified atom stereocenters. The van der Waals surface area contributed by atoms with Gasteiger partial charge in [0.05, 0.1) is 0 Å². The van der Waals surface area contributed by atoms with Crippen molar-refractivity contribution in [3.8, 4) is 0 Å². The number of hydrogen-bond donors (Lipinski definition) is 1. The van der Waals surface area contributed by atoms with Gasteiger partial charge in [-0.2, -0.15) is 0 Å². The summed E-state index contributed by atoms with van der Waals surface area (Å²) < 4.78 is 13.7. The molecule has 1 atom stereocenters. The van der Waals surface area contributed by atoms with E-state index in [0.717, 1.165) is 11.1 Å². The molecule has 0 aliphatic rings. The van der Waals surface area contributed by atoms with Gasteiger partial charge in [0.25, 0.3) is 0 Å². The third kappa shape index (κ3) is 3.27. The highest BCUT2D eigenvalue weighted by Crippen LogP contribution is 2.28. The molecule has 0 bridgehead atoms. The average molecular weight is 298 g/mol. The summed E-state index contributed by atoms with van der Waals surface area (Å²) in [7, 11) is 0. The van der Waals surface area contributed by atoms with Gasteiger partial charge < -0.3 is 5.73 Å². The van der Waals surface area contributed by atoms with Crippen LogP contribution in [-0.2, 0) is 6.42 Å². The molecule has 0 aliphatic heterocycles. The zero-order chi connectivity index (χ0) is 14.0. The highest BCUT2D eigenvalue weighted by atomic mass is 35.5. The predicted octanol–water partition coefficient (Wildman–Crippen LogP) is 4.68. The normalized spacial score (nSPS) is 12.5. The predicted molar refractivity (Wildman–Crippen MR) is 78.2 cm³/mol.